The van der Waals surface area contributed by atoms with E-state index in [0.717, 1.165) is 19.1 Å². The van der Waals surface area contributed by atoms with E-state index in [1.165, 1.54) is 32.1 Å². The van der Waals surface area contributed by atoms with Crippen molar-refractivity contribution in [2.24, 2.45) is 11.8 Å². The summed E-state index contributed by atoms with van der Waals surface area (Å²) in [5.41, 5.74) is 3.05. The molecule has 1 aliphatic carbocycles. The third kappa shape index (κ3) is 1.49. The standard InChI is InChI=1S/C9H18N2O/c10-11-7-8-2-5-12-9(6-8)3-1-4-9/h8,11H,1-7,10H2. The molecule has 1 atom stereocenters. The van der Waals surface area contributed by atoms with E-state index in [4.69, 9.17) is 10.6 Å². The average molecular weight is 170 g/mol. The fraction of sp³-hybridized carbons (Fsp3) is 1.00. The van der Waals surface area contributed by atoms with Gasteiger partial charge >= 0.3 is 0 Å². The van der Waals surface area contributed by atoms with Crippen LogP contribution in [0.5, 0.6) is 0 Å². The molecule has 1 heterocycles. The Labute approximate surface area is 73.6 Å². The number of nitrogens with one attached hydrogen (secondary N) is 1. The van der Waals surface area contributed by atoms with Crippen LogP contribution in [-0.2, 0) is 4.74 Å². The molecule has 2 aliphatic rings. The van der Waals surface area contributed by atoms with Gasteiger partial charge in [0.05, 0.1) is 5.60 Å². The van der Waals surface area contributed by atoms with Crippen LogP contribution in [0.3, 0.4) is 0 Å². The minimum absolute atomic E-state index is 0.278. The van der Waals surface area contributed by atoms with Crippen LogP contribution in [0, 0.1) is 5.92 Å². The van der Waals surface area contributed by atoms with Gasteiger partial charge in [-0.1, -0.05) is 0 Å². The molecule has 3 heteroatoms. The molecule has 2 fully saturated rings. The van der Waals surface area contributed by atoms with Crippen molar-refractivity contribution in [3.63, 3.8) is 0 Å². The predicted octanol–water partition coefficient (Wildman–Crippen LogP) is 0.799. The Hall–Kier alpha value is -0.120. The van der Waals surface area contributed by atoms with Crippen LogP contribution in [0.15, 0.2) is 0 Å². The van der Waals surface area contributed by atoms with Gasteiger partial charge in [-0.25, -0.2) is 0 Å². The second-order valence-corrected chi connectivity index (χ2v) is 4.15. The molecule has 3 N–H and O–H groups in total. The largest absolute Gasteiger partial charge is 0.375 e. The van der Waals surface area contributed by atoms with E-state index >= 15 is 0 Å². The van der Waals surface area contributed by atoms with Crippen LogP contribution in [-0.4, -0.2) is 18.8 Å². The SMILES string of the molecule is NNCC1CCOC2(CCC2)C1. The summed E-state index contributed by atoms with van der Waals surface area (Å²) in [6.45, 7) is 1.89. The molecule has 1 saturated heterocycles. The lowest BCUT2D eigenvalue weighted by Gasteiger charge is -2.47. The topological polar surface area (TPSA) is 47.3 Å². The van der Waals surface area contributed by atoms with E-state index in [1.807, 2.05) is 0 Å². The lowest BCUT2D eigenvalue weighted by Crippen LogP contribution is -2.47. The Bertz CT molecular complexity index is 155. The van der Waals surface area contributed by atoms with Gasteiger partial charge in [0.25, 0.3) is 0 Å². The molecule has 1 saturated carbocycles. The Morgan fingerprint density at radius 1 is 1.50 bits per heavy atom. The number of ether oxygens (including phenoxy) is 1. The summed E-state index contributed by atoms with van der Waals surface area (Å²) in [7, 11) is 0. The normalized spacial score (nSPS) is 33.2. The van der Waals surface area contributed by atoms with Crippen molar-refractivity contribution >= 4 is 0 Å². The Morgan fingerprint density at radius 2 is 2.33 bits per heavy atom. The quantitative estimate of drug-likeness (QED) is 0.476. The highest BCUT2D eigenvalue weighted by Gasteiger charge is 2.42. The highest BCUT2D eigenvalue weighted by Crippen LogP contribution is 2.43. The van der Waals surface area contributed by atoms with E-state index in [2.05, 4.69) is 5.43 Å². The summed E-state index contributed by atoms with van der Waals surface area (Å²) in [5, 5.41) is 0. The molecule has 0 bridgehead atoms. The second kappa shape index (κ2) is 3.32. The van der Waals surface area contributed by atoms with Gasteiger partial charge in [0.2, 0.25) is 0 Å². The van der Waals surface area contributed by atoms with Crippen molar-refractivity contribution < 1.29 is 4.74 Å². The van der Waals surface area contributed by atoms with E-state index in [1.54, 1.807) is 0 Å². The Kier molecular flexibility index (Phi) is 2.35. The minimum atomic E-state index is 0.278. The van der Waals surface area contributed by atoms with Crippen molar-refractivity contribution in [2.75, 3.05) is 13.2 Å². The maximum absolute atomic E-state index is 5.81. The van der Waals surface area contributed by atoms with Crippen molar-refractivity contribution in [3.8, 4) is 0 Å². The first-order valence-corrected chi connectivity index (χ1v) is 4.92. The third-order valence-corrected chi connectivity index (χ3v) is 3.27. The molecule has 1 spiro atoms. The maximum Gasteiger partial charge on any atom is 0.0685 e. The highest BCUT2D eigenvalue weighted by atomic mass is 16.5. The minimum Gasteiger partial charge on any atom is -0.375 e. The van der Waals surface area contributed by atoms with Gasteiger partial charge in [-0.15, -0.1) is 0 Å². The Balaban J connectivity index is 1.85. The average Bonchev–Trinajstić information content (AvgIpc) is 2.03. The number of hydrogen-bond donors (Lipinski definition) is 2. The summed E-state index contributed by atoms with van der Waals surface area (Å²) in [6, 6.07) is 0. The van der Waals surface area contributed by atoms with Crippen LogP contribution in [0.25, 0.3) is 0 Å². The predicted molar refractivity (Wildman–Crippen MR) is 47.4 cm³/mol. The van der Waals surface area contributed by atoms with E-state index < -0.39 is 0 Å². The fourth-order valence-corrected chi connectivity index (χ4v) is 2.39. The number of hydrazine groups is 1. The number of hydrogen-bond acceptors (Lipinski definition) is 3. The van der Waals surface area contributed by atoms with Crippen molar-refractivity contribution in [3.05, 3.63) is 0 Å². The fourth-order valence-electron chi connectivity index (χ4n) is 2.39. The lowest BCUT2D eigenvalue weighted by atomic mass is 9.72. The molecule has 0 aromatic heterocycles. The zero-order valence-electron chi connectivity index (χ0n) is 7.51. The molecule has 12 heavy (non-hydrogen) atoms. The third-order valence-electron chi connectivity index (χ3n) is 3.27. The lowest BCUT2D eigenvalue weighted by molar-refractivity contribution is -0.142. The van der Waals surface area contributed by atoms with E-state index in [9.17, 15) is 0 Å². The van der Waals surface area contributed by atoms with Gasteiger partial charge in [0, 0.05) is 13.2 Å². The zero-order valence-corrected chi connectivity index (χ0v) is 7.51. The molecule has 0 aromatic rings. The van der Waals surface area contributed by atoms with Gasteiger partial charge in [-0.3, -0.25) is 11.3 Å². The highest BCUT2D eigenvalue weighted by molar-refractivity contribution is 4.94. The second-order valence-electron chi connectivity index (χ2n) is 4.15. The molecule has 3 nitrogen and oxygen atoms in total. The molecule has 0 aromatic carbocycles. The summed E-state index contributed by atoms with van der Waals surface area (Å²) >= 11 is 0. The summed E-state index contributed by atoms with van der Waals surface area (Å²) in [6.07, 6.45) is 6.29. The van der Waals surface area contributed by atoms with Crippen LogP contribution in [0.1, 0.15) is 32.1 Å². The zero-order chi connectivity index (χ0) is 8.44. The van der Waals surface area contributed by atoms with Gasteiger partial charge < -0.3 is 4.74 Å². The van der Waals surface area contributed by atoms with Gasteiger partial charge in [-0.05, 0) is 38.0 Å². The van der Waals surface area contributed by atoms with Crippen LogP contribution >= 0.6 is 0 Å². The first-order valence-electron chi connectivity index (χ1n) is 4.92. The molecule has 0 radical (unpaired) electrons. The molecular weight excluding hydrogens is 152 g/mol. The molecule has 2 rings (SSSR count). The van der Waals surface area contributed by atoms with Crippen molar-refractivity contribution in [1.29, 1.82) is 0 Å². The summed E-state index contributed by atoms with van der Waals surface area (Å²) < 4.78 is 5.81. The first-order chi connectivity index (χ1) is 5.85. The summed E-state index contributed by atoms with van der Waals surface area (Å²) in [4.78, 5) is 0. The smallest absolute Gasteiger partial charge is 0.0685 e. The Morgan fingerprint density at radius 3 is 2.92 bits per heavy atom. The van der Waals surface area contributed by atoms with Crippen molar-refractivity contribution in [2.45, 2.75) is 37.7 Å². The van der Waals surface area contributed by atoms with Gasteiger partial charge in [-0.2, -0.15) is 0 Å². The van der Waals surface area contributed by atoms with Gasteiger partial charge in [0.15, 0.2) is 0 Å². The van der Waals surface area contributed by atoms with E-state index in [0.29, 0.717) is 0 Å². The molecule has 1 aliphatic heterocycles. The molecule has 70 valence electrons. The van der Waals surface area contributed by atoms with Crippen molar-refractivity contribution in [1.82, 2.24) is 5.43 Å². The van der Waals surface area contributed by atoms with Crippen LogP contribution in [0.2, 0.25) is 0 Å². The molecule has 1 unspecified atom stereocenters. The van der Waals surface area contributed by atoms with Crippen LogP contribution < -0.4 is 11.3 Å². The summed E-state index contributed by atoms with van der Waals surface area (Å²) in [5.74, 6) is 6.06. The molecule has 0 amide bonds. The monoisotopic (exact) mass is 170 g/mol. The number of rotatable bonds is 2. The van der Waals surface area contributed by atoms with E-state index in [-0.39, 0.29) is 5.60 Å². The molecular formula is C9H18N2O. The van der Waals surface area contributed by atoms with Crippen LogP contribution in [0.4, 0.5) is 0 Å². The van der Waals surface area contributed by atoms with Gasteiger partial charge in [0.1, 0.15) is 0 Å². The number of nitrogens with two attached hydrogens (primary N) is 1. The first kappa shape index (κ1) is 8.48. The maximum atomic E-state index is 5.81.